The highest BCUT2D eigenvalue weighted by Gasteiger charge is 1.79. The van der Waals surface area contributed by atoms with Crippen LogP contribution in [0.25, 0.3) is 0 Å². The number of aryl methyl sites for hydroxylation is 2. The van der Waals surface area contributed by atoms with Gasteiger partial charge >= 0.3 is 0 Å². The molecule has 0 heterocycles. The lowest BCUT2D eigenvalue weighted by atomic mass is 10.2. The van der Waals surface area contributed by atoms with Crippen LogP contribution >= 0.6 is 24.8 Å². The van der Waals surface area contributed by atoms with Crippen molar-refractivity contribution >= 4 is 24.8 Å². The lowest BCUT2D eigenvalue weighted by Crippen LogP contribution is -1.70. The highest BCUT2D eigenvalue weighted by molar-refractivity contribution is 5.85. The van der Waals surface area contributed by atoms with Crippen LogP contribution in [0.1, 0.15) is 11.1 Å². The third-order valence-corrected chi connectivity index (χ3v) is 1.22. The molecule has 0 radical (unpaired) electrons. The molecular formula is C8H12Cl2. The van der Waals surface area contributed by atoms with Crippen molar-refractivity contribution in [3.63, 3.8) is 0 Å². The molecule has 0 amide bonds. The minimum Gasteiger partial charge on any atom is -0.147 e. The lowest BCUT2D eigenvalue weighted by molar-refractivity contribution is 1.40. The van der Waals surface area contributed by atoms with Gasteiger partial charge in [0.2, 0.25) is 0 Å². The molecule has 0 aromatic heterocycles. The molecule has 0 fully saturated rings. The zero-order valence-corrected chi connectivity index (χ0v) is 7.76. The summed E-state index contributed by atoms with van der Waals surface area (Å²) in [4.78, 5) is 0. The summed E-state index contributed by atoms with van der Waals surface area (Å²) in [7, 11) is 0. The fourth-order valence-electron chi connectivity index (χ4n) is 0.637. The van der Waals surface area contributed by atoms with Crippen LogP contribution in [0.15, 0.2) is 24.3 Å². The number of benzene rings is 1. The first kappa shape index (κ1) is 12.5. The van der Waals surface area contributed by atoms with Gasteiger partial charge in [-0.1, -0.05) is 35.4 Å². The SMILES string of the molecule is Cc1ccc(C)cc1.Cl.Cl. The maximum absolute atomic E-state index is 2.12. The summed E-state index contributed by atoms with van der Waals surface area (Å²) < 4.78 is 0. The maximum atomic E-state index is 2.12. The number of hydrogen-bond acceptors (Lipinski definition) is 0. The maximum Gasteiger partial charge on any atom is -0.0398 e. The van der Waals surface area contributed by atoms with Gasteiger partial charge in [0.05, 0.1) is 0 Å². The fourth-order valence-corrected chi connectivity index (χ4v) is 0.637. The van der Waals surface area contributed by atoms with Gasteiger partial charge in [0.15, 0.2) is 0 Å². The van der Waals surface area contributed by atoms with Crippen LogP contribution in [0.2, 0.25) is 0 Å². The normalized spacial score (nSPS) is 7.40. The minimum absolute atomic E-state index is 0. The lowest BCUT2D eigenvalue weighted by Gasteiger charge is -1.90. The first-order valence-electron chi connectivity index (χ1n) is 2.82. The Hall–Kier alpha value is -0.200. The van der Waals surface area contributed by atoms with Crippen LogP contribution in [0, 0.1) is 13.8 Å². The Balaban J connectivity index is 0. The Bertz CT molecular complexity index is 146. The van der Waals surface area contributed by atoms with Crippen molar-refractivity contribution < 1.29 is 0 Å². The van der Waals surface area contributed by atoms with Crippen LogP contribution < -0.4 is 0 Å². The summed E-state index contributed by atoms with van der Waals surface area (Å²) in [5.74, 6) is 0. The van der Waals surface area contributed by atoms with Gasteiger partial charge in [-0.05, 0) is 13.8 Å². The van der Waals surface area contributed by atoms with Crippen molar-refractivity contribution in [2.24, 2.45) is 0 Å². The predicted octanol–water partition coefficient (Wildman–Crippen LogP) is 3.15. The van der Waals surface area contributed by atoms with E-state index >= 15 is 0 Å². The van der Waals surface area contributed by atoms with Crippen molar-refractivity contribution in [2.75, 3.05) is 0 Å². The molecule has 0 unspecified atom stereocenters. The highest BCUT2D eigenvalue weighted by Crippen LogP contribution is 1.99. The predicted molar refractivity (Wildman–Crippen MR) is 50.4 cm³/mol. The molecule has 1 aromatic carbocycles. The molecule has 0 aliphatic rings. The average Bonchev–Trinajstić information content (AvgIpc) is 1.77. The van der Waals surface area contributed by atoms with Crippen molar-refractivity contribution in [1.82, 2.24) is 0 Å². The number of halogens is 2. The second kappa shape index (κ2) is 5.57. The molecular weight excluding hydrogens is 167 g/mol. The molecule has 0 aliphatic carbocycles. The van der Waals surface area contributed by atoms with Gasteiger partial charge in [0, 0.05) is 0 Å². The molecule has 0 saturated heterocycles. The van der Waals surface area contributed by atoms with E-state index in [0.29, 0.717) is 0 Å². The van der Waals surface area contributed by atoms with E-state index in [-0.39, 0.29) is 24.8 Å². The summed E-state index contributed by atoms with van der Waals surface area (Å²) in [5.41, 5.74) is 2.66. The largest absolute Gasteiger partial charge is 0.147 e. The third-order valence-electron chi connectivity index (χ3n) is 1.22. The minimum atomic E-state index is 0. The quantitative estimate of drug-likeness (QED) is 0.573. The van der Waals surface area contributed by atoms with Crippen LogP contribution in [0.5, 0.6) is 0 Å². The summed E-state index contributed by atoms with van der Waals surface area (Å²) in [6.07, 6.45) is 0. The Morgan fingerprint density at radius 3 is 1.10 bits per heavy atom. The standard InChI is InChI=1S/C8H10.2ClH/c1-7-3-5-8(2)6-4-7;;/h3-6H,1-2H3;2*1H. The smallest absolute Gasteiger partial charge is 0.0398 e. The van der Waals surface area contributed by atoms with Crippen molar-refractivity contribution in [2.45, 2.75) is 13.8 Å². The summed E-state index contributed by atoms with van der Waals surface area (Å²) in [6.45, 7) is 4.19. The molecule has 0 aliphatic heterocycles. The zero-order chi connectivity index (χ0) is 5.98. The molecule has 0 bridgehead atoms. The van der Waals surface area contributed by atoms with Crippen molar-refractivity contribution in [3.05, 3.63) is 35.4 Å². The van der Waals surface area contributed by atoms with E-state index in [1.165, 1.54) is 11.1 Å². The van der Waals surface area contributed by atoms with Crippen LogP contribution in [0.3, 0.4) is 0 Å². The Labute approximate surface area is 74.5 Å². The van der Waals surface area contributed by atoms with Gasteiger partial charge < -0.3 is 0 Å². The molecule has 2 heteroatoms. The van der Waals surface area contributed by atoms with E-state index in [2.05, 4.69) is 38.1 Å². The molecule has 1 aromatic rings. The van der Waals surface area contributed by atoms with E-state index < -0.39 is 0 Å². The average molecular weight is 179 g/mol. The van der Waals surface area contributed by atoms with E-state index in [0.717, 1.165) is 0 Å². The van der Waals surface area contributed by atoms with Gasteiger partial charge in [0.25, 0.3) is 0 Å². The van der Waals surface area contributed by atoms with E-state index in [1.54, 1.807) is 0 Å². The van der Waals surface area contributed by atoms with Gasteiger partial charge in [-0.25, -0.2) is 0 Å². The summed E-state index contributed by atoms with van der Waals surface area (Å²) in [5, 5.41) is 0. The van der Waals surface area contributed by atoms with Crippen LogP contribution in [-0.4, -0.2) is 0 Å². The zero-order valence-electron chi connectivity index (χ0n) is 6.13. The molecule has 0 nitrogen and oxygen atoms in total. The van der Waals surface area contributed by atoms with E-state index in [4.69, 9.17) is 0 Å². The molecule has 10 heavy (non-hydrogen) atoms. The monoisotopic (exact) mass is 178 g/mol. The van der Waals surface area contributed by atoms with Gasteiger partial charge in [-0.2, -0.15) is 0 Å². The fraction of sp³-hybridized carbons (Fsp3) is 0.250. The second-order valence-electron chi connectivity index (χ2n) is 2.15. The van der Waals surface area contributed by atoms with Crippen molar-refractivity contribution in [1.29, 1.82) is 0 Å². The molecule has 0 saturated carbocycles. The highest BCUT2D eigenvalue weighted by atomic mass is 35.5. The third kappa shape index (κ3) is 3.76. The Morgan fingerprint density at radius 2 is 0.900 bits per heavy atom. The summed E-state index contributed by atoms with van der Waals surface area (Å²) >= 11 is 0. The molecule has 0 atom stereocenters. The number of hydrogen-bond donors (Lipinski definition) is 0. The first-order chi connectivity index (χ1) is 3.79. The number of rotatable bonds is 0. The van der Waals surface area contributed by atoms with E-state index in [9.17, 15) is 0 Å². The van der Waals surface area contributed by atoms with Crippen LogP contribution in [0.4, 0.5) is 0 Å². The van der Waals surface area contributed by atoms with Gasteiger partial charge in [-0.15, -0.1) is 24.8 Å². The molecule has 1 rings (SSSR count). The Morgan fingerprint density at radius 1 is 0.700 bits per heavy atom. The van der Waals surface area contributed by atoms with Gasteiger partial charge in [-0.3, -0.25) is 0 Å². The molecule has 0 N–H and O–H groups in total. The Kier molecular flexibility index (Phi) is 6.95. The van der Waals surface area contributed by atoms with E-state index in [1.807, 2.05) is 0 Å². The first-order valence-corrected chi connectivity index (χ1v) is 2.82. The van der Waals surface area contributed by atoms with Gasteiger partial charge in [0.1, 0.15) is 0 Å². The molecule has 0 spiro atoms. The summed E-state index contributed by atoms with van der Waals surface area (Å²) in [6, 6.07) is 8.48. The second-order valence-corrected chi connectivity index (χ2v) is 2.15. The topological polar surface area (TPSA) is 0 Å². The van der Waals surface area contributed by atoms with Crippen molar-refractivity contribution in [3.8, 4) is 0 Å². The molecule has 58 valence electrons. The van der Waals surface area contributed by atoms with Crippen LogP contribution in [-0.2, 0) is 0 Å².